The summed E-state index contributed by atoms with van der Waals surface area (Å²) in [6.45, 7) is 7.06. The number of carbonyl (C=O) groups excluding carboxylic acids is 1. The molecule has 3 aliphatic carbocycles. The quantitative estimate of drug-likeness (QED) is 0.632. The summed E-state index contributed by atoms with van der Waals surface area (Å²) < 4.78 is 1.53. The van der Waals surface area contributed by atoms with Crippen LogP contribution >= 0.6 is 15.9 Å². The number of rotatable bonds is 6. The van der Waals surface area contributed by atoms with Crippen molar-refractivity contribution in [2.24, 2.45) is 23.2 Å². The first-order chi connectivity index (χ1) is 15.2. The minimum absolute atomic E-state index is 0.188. The molecule has 3 fully saturated rings. The summed E-state index contributed by atoms with van der Waals surface area (Å²) in [6.07, 6.45) is 5.51. The predicted octanol–water partition coefficient (Wildman–Crippen LogP) is 3.07. The molecule has 2 bridgehead atoms. The van der Waals surface area contributed by atoms with E-state index < -0.39 is 0 Å². The molecule has 3 saturated carbocycles. The van der Waals surface area contributed by atoms with Crippen LogP contribution in [-0.2, 0) is 17.9 Å². The maximum absolute atomic E-state index is 12.8. The van der Waals surface area contributed by atoms with Gasteiger partial charge in [0.15, 0.2) is 0 Å². The van der Waals surface area contributed by atoms with E-state index in [9.17, 15) is 9.59 Å². The van der Waals surface area contributed by atoms with E-state index in [4.69, 9.17) is 5.26 Å². The van der Waals surface area contributed by atoms with Crippen molar-refractivity contribution in [3.8, 4) is 6.07 Å². The number of halogens is 1. The van der Waals surface area contributed by atoms with E-state index in [1.807, 2.05) is 6.07 Å². The molecule has 2 heterocycles. The van der Waals surface area contributed by atoms with Crippen LogP contribution in [0.3, 0.4) is 0 Å². The summed E-state index contributed by atoms with van der Waals surface area (Å²) in [5.41, 5.74) is 1.76. The van der Waals surface area contributed by atoms with Gasteiger partial charge in [0.2, 0.25) is 5.91 Å². The second-order valence-electron chi connectivity index (χ2n) is 9.48. The maximum Gasteiger partial charge on any atom is 0.283 e. The van der Waals surface area contributed by atoms with E-state index in [2.05, 4.69) is 57.4 Å². The molecule has 4 atom stereocenters. The molecule has 0 aliphatic heterocycles. The van der Waals surface area contributed by atoms with Crippen LogP contribution in [0.15, 0.2) is 33.8 Å². The Morgan fingerprint density at radius 3 is 2.88 bits per heavy atom. The van der Waals surface area contributed by atoms with E-state index in [1.165, 1.54) is 12.6 Å². The highest BCUT2D eigenvalue weighted by Crippen LogP contribution is 2.61. The smallest absolute Gasteiger partial charge is 0.283 e. The molecule has 5 rings (SSSR count). The molecular formula is C23H27BrN6O2. The van der Waals surface area contributed by atoms with Crippen LogP contribution in [0.2, 0.25) is 0 Å². The van der Waals surface area contributed by atoms with Gasteiger partial charge in [0.25, 0.3) is 5.56 Å². The summed E-state index contributed by atoms with van der Waals surface area (Å²) in [5.74, 6) is 1.58. The Morgan fingerprint density at radius 2 is 2.19 bits per heavy atom. The topological polar surface area (TPSA) is 113 Å². The molecule has 0 aromatic carbocycles. The summed E-state index contributed by atoms with van der Waals surface area (Å²) in [5, 5.41) is 19.4. The number of nitrogens with zero attached hydrogens (tertiary/aromatic N) is 4. The van der Waals surface area contributed by atoms with Gasteiger partial charge in [-0.1, -0.05) is 20.8 Å². The number of pyridine rings is 1. The number of carbonyl (C=O) groups is 1. The third kappa shape index (κ3) is 4.16. The lowest BCUT2D eigenvalue weighted by molar-refractivity contribution is -0.122. The van der Waals surface area contributed by atoms with Crippen molar-refractivity contribution >= 4 is 27.5 Å². The van der Waals surface area contributed by atoms with Crippen LogP contribution in [0.4, 0.5) is 5.69 Å². The summed E-state index contributed by atoms with van der Waals surface area (Å²) >= 11 is 3.40. The van der Waals surface area contributed by atoms with Gasteiger partial charge in [0.05, 0.1) is 11.9 Å². The molecule has 0 unspecified atom stereocenters. The third-order valence-corrected chi connectivity index (χ3v) is 8.17. The lowest BCUT2D eigenvalue weighted by Gasteiger charge is -2.62. The van der Waals surface area contributed by atoms with Gasteiger partial charge >= 0.3 is 0 Å². The molecule has 8 nitrogen and oxygen atoms in total. The molecular weight excluding hydrogens is 472 g/mol. The second kappa shape index (κ2) is 8.66. The van der Waals surface area contributed by atoms with E-state index in [-0.39, 0.29) is 30.2 Å². The lowest BCUT2D eigenvalue weighted by atomic mass is 9.45. The monoisotopic (exact) mass is 498 g/mol. The first kappa shape index (κ1) is 22.5. The van der Waals surface area contributed by atoms with Crippen molar-refractivity contribution in [3.63, 3.8) is 0 Å². The number of anilines is 1. The van der Waals surface area contributed by atoms with Crippen LogP contribution in [0.5, 0.6) is 0 Å². The van der Waals surface area contributed by atoms with Gasteiger partial charge in [-0.2, -0.15) is 10.4 Å². The Labute approximate surface area is 195 Å². The zero-order valence-corrected chi connectivity index (χ0v) is 20.0. The predicted molar refractivity (Wildman–Crippen MR) is 124 cm³/mol. The van der Waals surface area contributed by atoms with Gasteiger partial charge in [-0.25, -0.2) is 9.67 Å². The Morgan fingerprint density at radius 1 is 1.41 bits per heavy atom. The molecule has 1 amide bonds. The summed E-state index contributed by atoms with van der Waals surface area (Å²) in [4.78, 5) is 29.0. The SMILES string of the molecule is C[C@H]1[C@H]2C[C@H](C[C@H]1Nc1cnn(CC(=O)NCc3ccnc(C#N)c3)c(=O)c1Br)C2(C)C. The zero-order chi connectivity index (χ0) is 23.0. The molecule has 2 N–H and O–H groups in total. The van der Waals surface area contributed by atoms with E-state index in [1.54, 1.807) is 18.3 Å². The first-order valence-corrected chi connectivity index (χ1v) is 11.6. The van der Waals surface area contributed by atoms with Crippen LogP contribution in [-0.4, -0.2) is 26.7 Å². The maximum atomic E-state index is 12.8. The summed E-state index contributed by atoms with van der Waals surface area (Å²) in [6, 6.07) is 5.60. The fourth-order valence-electron chi connectivity index (χ4n) is 5.26. The molecule has 0 saturated heterocycles. The molecule has 2 aromatic rings. The van der Waals surface area contributed by atoms with Crippen LogP contribution in [0.25, 0.3) is 0 Å². The van der Waals surface area contributed by atoms with Crippen molar-refractivity contribution in [1.82, 2.24) is 20.1 Å². The molecule has 0 radical (unpaired) electrons. The molecule has 3 aliphatic rings. The van der Waals surface area contributed by atoms with Gasteiger partial charge in [-0.3, -0.25) is 9.59 Å². The van der Waals surface area contributed by atoms with Gasteiger partial charge in [0, 0.05) is 18.8 Å². The summed E-state index contributed by atoms with van der Waals surface area (Å²) in [7, 11) is 0. The average Bonchev–Trinajstić information content (AvgIpc) is 2.78. The molecule has 0 spiro atoms. The number of amides is 1. The molecule has 168 valence electrons. The van der Waals surface area contributed by atoms with Gasteiger partial charge < -0.3 is 10.6 Å². The highest BCUT2D eigenvalue weighted by molar-refractivity contribution is 9.10. The van der Waals surface area contributed by atoms with Crippen molar-refractivity contribution in [3.05, 3.63) is 50.6 Å². The zero-order valence-electron chi connectivity index (χ0n) is 18.4. The van der Waals surface area contributed by atoms with E-state index >= 15 is 0 Å². The van der Waals surface area contributed by atoms with E-state index in [0.29, 0.717) is 39.4 Å². The number of nitrogens with one attached hydrogen (secondary N) is 2. The second-order valence-corrected chi connectivity index (χ2v) is 10.3. The van der Waals surface area contributed by atoms with Gasteiger partial charge in [0.1, 0.15) is 22.8 Å². The minimum atomic E-state index is -0.352. The first-order valence-electron chi connectivity index (χ1n) is 10.8. The number of aromatic nitrogens is 3. The largest absolute Gasteiger partial charge is 0.380 e. The van der Waals surface area contributed by atoms with Crippen molar-refractivity contribution in [2.75, 3.05) is 5.32 Å². The standard InChI is InChI=1S/C23H27BrN6O2/c1-13-17-7-15(23(17,2)3)8-18(13)29-19-11-28-30(22(32)21(19)24)12-20(31)27-10-14-4-5-26-16(6-14)9-25/h4-6,11,13,15,17-18,29H,7-8,10,12H2,1-3H3,(H,27,31)/t13-,15+,17+,18+/m0/s1. The van der Waals surface area contributed by atoms with Crippen LogP contribution < -0.4 is 16.2 Å². The Bertz CT molecular complexity index is 1140. The number of fused-ring (bicyclic) bond motifs is 2. The van der Waals surface area contributed by atoms with Crippen LogP contribution in [0.1, 0.15) is 44.9 Å². The molecule has 2 aromatic heterocycles. The number of hydrogen-bond donors (Lipinski definition) is 2. The van der Waals surface area contributed by atoms with Gasteiger partial charge in [-0.05, 0) is 69.6 Å². The Balaban J connectivity index is 1.38. The highest BCUT2D eigenvalue weighted by Gasteiger charge is 2.56. The van der Waals surface area contributed by atoms with Crippen molar-refractivity contribution < 1.29 is 4.79 Å². The van der Waals surface area contributed by atoms with Gasteiger partial charge in [-0.15, -0.1) is 0 Å². The van der Waals surface area contributed by atoms with Crippen LogP contribution in [0, 0.1) is 34.5 Å². The fraction of sp³-hybridized carbons (Fsp3) is 0.522. The third-order valence-electron chi connectivity index (χ3n) is 7.40. The number of nitriles is 1. The van der Waals surface area contributed by atoms with Crippen molar-refractivity contribution in [1.29, 1.82) is 5.26 Å². The normalized spacial score (nSPS) is 25.3. The number of hydrogen-bond acceptors (Lipinski definition) is 6. The highest BCUT2D eigenvalue weighted by atomic mass is 79.9. The fourth-order valence-corrected chi connectivity index (χ4v) is 5.68. The molecule has 32 heavy (non-hydrogen) atoms. The molecule has 9 heteroatoms. The van der Waals surface area contributed by atoms with E-state index in [0.717, 1.165) is 16.7 Å². The minimum Gasteiger partial charge on any atom is -0.380 e. The average molecular weight is 499 g/mol. The Kier molecular flexibility index (Phi) is 6.08. The van der Waals surface area contributed by atoms with Crippen molar-refractivity contribution in [2.45, 2.75) is 52.7 Å². The Hall–Kier alpha value is -2.73. The lowest BCUT2D eigenvalue weighted by Crippen LogP contribution is -2.58.